The number of hydrogen-bond acceptors (Lipinski definition) is 7. The maximum absolute atomic E-state index is 5.69. The Labute approximate surface area is 201 Å². The van der Waals surface area contributed by atoms with Gasteiger partial charge < -0.3 is 19.4 Å². The van der Waals surface area contributed by atoms with Gasteiger partial charge in [0.15, 0.2) is 17.0 Å². The highest BCUT2D eigenvalue weighted by molar-refractivity contribution is 14.3. The molecule has 2 aromatic heterocycles. The van der Waals surface area contributed by atoms with Crippen LogP contribution in [0.25, 0.3) is 11.2 Å². The first-order valence-electron chi connectivity index (χ1n) is 9.37. The van der Waals surface area contributed by atoms with E-state index < -0.39 is 0 Å². The van der Waals surface area contributed by atoms with Gasteiger partial charge in [-0.15, -0.1) is 0 Å². The van der Waals surface area contributed by atoms with Crippen LogP contribution in [0.15, 0.2) is 30.6 Å². The summed E-state index contributed by atoms with van der Waals surface area (Å²) in [6.07, 6.45) is 8.00. The lowest BCUT2D eigenvalue weighted by Gasteiger charge is -2.23. The minimum absolute atomic E-state index is 0.215. The molecular formula is C18H21I2N6OPS. The zero-order chi connectivity index (χ0) is 20.2. The summed E-state index contributed by atoms with van der Waals surface area (Å²) in [7, 11) is 1.95. The highest BCUT2D eigenvalue weighted by Crippen LogP contribution is 2.64. The van der Waals surface area contributed by atoms with Crippen LogP contribution in [0.2, 0.25) is 0 Å². The van der Waals surface area contributed by atoms with Crippen molar-refractivity contribution in [2.24, 2.45) is 7.05 Å². The maximum atomic E-state index is 5.69. The number of fused-ring (bicyclic) bond motifs is 1. The molecule has 0 unspecified atom stereocenters. The fourth-order valence-electron chi connectivity index (χ4n) is 3.40. The molecule has 0 bridgehead atoms. The topological polar surface area (TPSA) is 76.9 Å². The monoisotopic (exact) mass is 654 g/mol. The van der Waals surface area contributed by atoms with Crippen molar-refractivity contribution < 1.29 is 4.18 Å². The molecule has 4 rings (SSSR count). The standard InChI is InChI=1S/C18H21I2N6OPS/c1-26-11-21-15-16(22-12-5-3-2-4-6-12)24-18(25-17(15)26)23-13-7-9-14(10-8-13)27-29-28(19)20/h7-12H,2-6H2,1H3,(H2,22,23,24,25). The fraction of sp³-hybridized carbons (Fsp3) is 0.389. The van der Waals surface area contributed by atoms with Crippen molar-refractivity contribution in [3.63, 3.8) is 0 Å². The van der Waals surface area contributed by atoms with Crippen LogP contribution in [-0.4, -0.2) is 25.6 Å². The van der Waals surface area contributed by atoms with Crippen LogP contribution < -0.4 is 14.8 Å². The maximum Gasteiger partial charge on any atom is 0.231 e. The van der Waals surface area contributed by atoms with E-state index in [0.717, 1.165) is 28.4 Å². The van der Waals surface area contributed by atoms with Gasteiger partial charge in [-0.05, 0) is 81.2 Å². The Morgan fingerprint density at radius 1 is 1.14 bits per heavy atom. The molecule has 0 saturated heterocycles. The van der Waals surface area contributed by atoms with E-state index in [1.807, 2.05) is 35.9 Å². The minimum atomic E-state index is -0.215. The largest absolute Gasteiger partial charge is 0.420 e. The van der Waals surface area contributed by atoms with Gasteiger partial charge in [0, 0.05) is 18.8 Å². The smallest absolute Gasteiger partial charge is 0.231 e. The number of imidazole rings is 1. The molecule has 3 aromatic rings. The van der Waals surface area contributed by atoms with Crippen molar-refractivity contribution >= 4 is 86.8 Å². The van der Waals surface area contributed by atoms with Crippen LogP contribution in [0.5, 0.6) is 5.75 Å². The third kappa shape index (κ3) is 5.76. The summed E-state index contributed by atoms with van der Waals surface area (Å²) < 4.78 is 7.40. The van der Waals surface area contributed by atoms with Gasteiger partial charge in [0.2, 0.25) is 5.95 Å². The van der Waals surface area contributed by atoms with Gasteiger partial charge >= 0.3 is 0 Å². The van der Waals surface area contributed by atoms with Gasteiger partial charge in [0.1, 0.15) is 19.8 Å². The quantitative estimate of drug-likeness (QED) is 0.162. The normalized spacial score (nSPS) is 15.0. The molecule has 0 radical (unpaired) electrons. The molecule has 0 spiro atoms. The predicted octanol–water partition coefficient (Wildman–Crippen LogP) is 6.98. The van der Waals surface area contributed by atoms with E-state index >= 15 is 0 Å². The Bertz CT molecular complexity index is 965. The Kier molecular flexibility index (Phi) is 7.57. The first-order valence-corrected chi connectivity index (χ1v) is 17.6. The number of nitrogens with one attached hydrogen (secondary N) is 2. The molecule has 1 fully saturated rings. The number of anilines is 3. The second-order valence-corrected chi connectivity index (χ2v) is 24.4. The summed E-state index contributed by atoms with van der Waals surface area (Å²) in [5, 5.41) is 6.93. The third-order valence-corrected chi connectivity index (χ3v) is 8.64. The van der Waals surface area contributed by atoms with Crippen molar-refractivity contribution in [1.29, 1.82) is 0 Å². The minimum Gasteiger partial charge on any atom is -0.420 e. The highest BCUT2D eigenvalue weighted by atomic mass is 127. The molecule has 1 saturated carbocycles. The van der Waals surface area contributed by atoms with Gasteiger partial charge in [0.05, 0.1) is 6.33 Å². The van der Waals surface area contributed by atoms with Crippen molar-refractivity contribution in [2.75, 3.05) is 10.6 Å². The van der Waals surface area contributed by atoms with Crippen LogP contribution in [-0.2, 0) is 7.05 Å². The van der Waals surface area contributed by atoms with Crippen LogP contribution in [0.4, 0.5) is 17.5 Å². The van der Waals surface area contributed by atoms with Crippen molar-refractivity contribution in [3.05, 3.63) is 30.6 Å². The number of halogens is 2. The van der Waals surface area contributed by atoms with E-state index in [1.165, 1.54) is 43.8 Å². The van der Waals surface area contributed by atoms with E-state index in [1.54, 1.807) is 6.33 Å². The molecule has 2 N–H and O–H groups in total. The number of hydrogen-bond donors (Lipinski definition) is 2. The molecule has 2 heterocycles. The number of benzene rings is 1. The number of rotatable bonds is 7. The Morgan fingerprint density at radius 3 is 2.62 bits per heavy atom. The summed E-state index contributed by atoms with van der Waals surface area (Å²) in [5.41, 5.74) is 2.55. The van der Waals surface area contributed by atoms with Crippen LogP contribution in [0, 0.1) is 0 Å². The van der Waals surface area contributed by atoms with Gasteiger partial charge in [-0.1, -0.05) is 19.3 Å². The van der Waals surface area contributed by atoms with Gasteiger partial charge in [0.25, 0.3) is 0 Å². The SMILES string of the molecule is Cn1cnc2c(NC3CCCCC3)nc(Nc3ccc(OSP(I)I)cc3)nc21. The van der Waals surface area contributed by atoms with E-state index in [2.05, 4.69) is 64.7 Å². The van der Waals surface area contributed by atoms with Gasteiger partial charge in [-0.25, -0.2) is 4.98 Å². The number of aromatic nitrogens is 4. The van der Waals surface area contributed by atoms with E-state index in [0.29, 0.717) is 12.0 Å². The molecule has 1 aromatic carbocycles. The lowest BCUT2D eigenvalue weighted by Crippen LogP contribution is -2.23. The summed E-state index contributed by atoms with van der Waals surface area (Å²) in [5.74, 6) is 2.20. The number of nitrogens with zero attached hydrogens (tertiary/aromatic N) is 4. The molecule has 0 atom stereocenters. The van der Waals surface area contributed by atoms with Crippen molar-refractivity contribution in [3.8, 4) is 5.75 Å². The fourth-order valence-corrected chi connectivity index (χ4v) is 5.53. The predicted molar refractivity (Wildman–Crippen MR) is 140 cm³/mol. The van der Waals surface area contributed by atoms with Crippen molar-refractivity contribution in [1.82, 2.24) is 19.5 Å². The molecule has 154 valence electrons. The number of aryl methyl sites for hydroxylation is 1. The average molecular weight is 654 g/mol. The zero-order valence-electron chi connectivity index (χ0n) is 15.8. The Hall–Kier alpha value is -0.590. The molecule has 1 aliphatic carbocycles. The zero-order valence-corrected chi connectivity index (χ0v) is 21.8. The summed E-state index contributed by atoms with van der Waals surface area (Å²) >= 11 is 6.23. The summed E-state index contributed by atoms with van der Waals surface area (Å²) in [6, 6.07) is 8.30. The first kappa shape index (κ1) is 21.6. The second kappa shape index (κ2) is 10.1. The van der Waals surface area contributed by atoms with E-state index in [-0.39, 0.29) is 2.41 Å². The molecule has 1 aliphatic rings. The molecule has 0 aliphatic heterocycles. The summed E-state index contributed by atoms with van der Waals surface area (Å²) in [4.78, 5) is 13.9. The first-order chi connectivity index (χ1) is 14.1. The molecule has 11 heteroatoms. The Balaban J connectivity index is 1.54. The highest BCUT2D eigenvalue weighted by Gasteiger charge is 2.18. The van der Waals surface area contributed by atoms with Gasteiger partial charge in [-0.3, -0.25) is 0 Å². The third-order valence-electron chi connectivity index (χ3n) is 4.81. The Morgan fingerprint density at radius 2 is 1.90 bits per heavy atom. The summed E-state index contributed by atoms with van der Waals surface area (Å²) in [6.45, 7) is 0. The van der Waals surface area contributed by atoms with Crippen LogP contribution in [0.1, 0.15) is 32.1 Å². The van der Waals surface area contributed by atoms with E-state index in [9.17, 15) is 0 Å². The van der Waals surface area contributed by atoms with Crippen molar-refractivity contribution in [2.45, 2.75) is 38.1 Å². The lowest BCUT2D eigenvalue weighted by atomic mass is 9.95. The molecule has 7 nitrogen and oxygen atoms in total. The van der Waals surface area contributed by atoms with E-state index in [4.69, 9.17) is 9.17 Å². The second-order valence-electron chi connectivity index (χ2n) is 6.91. The molecule has 0 amide bonds. The van der Waals surface area contributed by atoms with Crippen LogP contribution >= 0.6 is 58.2 Å². The lowest BCUT2D eigenvalue weighted by molar-refractivity contribution is 0.462. The molecular weight excluding hydrogens is 633 g/mol. The molecule has 29 heavy (non-hydrogen) atoms. The van der Waals surface area contributed by atoms with Gasteiger partial charge in [-0.2, -0.15) is 9.97 Å². The van der Waals surface area contributed by atoms with Crippen LogP contribution in [0.3, 0.4) is 0 Å². The average Bonchev–Trinajstić information content (AvgIpc) is 3.09.